The van der Waals surface area contributed by atoms with Crippen LogP contribution in [0.2, 0.25) is 0 Å². The van der Waals surface area contributed by atoms with Crippen molar-refractivity contribution in [2.45, 2.75) is 26.2 Å². The van der Waals surface area contributed by atoms with Crippen LogP contribution in [0.5, 0.6) is 0 Å². The molecule has 0 radical (unpaired) electrons. The van der Waals surface area contributed by atoms with E-state index >= 15 is 0 Å². The Bertz CT molecular complexity index is 816. The van der Waals surface area contributed by atoms with Gasteiger partial charge in [-0.2, -0.15) is 0 Å². The number of nitrogens with zero attached hydrogens (tertiary/aromatic N) is 3. The summed E-state index contributed by atoms with van der Waals surface area (Å²) in [7, 11) is 0. The van der Waals surface area contributed by atoms with E-state index in [0.717, 1.165) is 32.0 Å². The summed E-state index contributed by atoms with van der Waals surface area (Å²) < 4.78 is 0. The molecule has 4 rings (SSSR count). The predicted octanol–water partition coefficient (Wildman–Crippen LogP) is 3.58. The molecular weight excluding hydrogens is 322 g/mol. The van der Waals surface area contributed by atoms with Gasteiger partial charge < -0.3 is 4.90 Å². The number of rotatable bonds is 3. The van der Waals surface area contributed by atoms with Gasteiger partial charge in [0.05, 0.1) is 6.54 Å². The lowest BCUT2D eigenvalue weighted by atomic mass is 9.96. The van der Waals surface area contributed by atoms with Crippen LogP contribution in [0.15, 0.2) is 42.7 Å². The van der Waals surface area contributed by atoms with Gasteiger partial charge in [-0.05, 0) is 49.2 Å². The van der Waals surface area contributed by atoms with Gasteiger partial charge in [0.2, 0.25) is 5.91 Å². The first-order valence-corrected chi connectivity index (χ1v) is 9.73. The standard InChI is InChI=1S/C22H27N3O/c1-17-6-10-24(11-7-17)16-22(26)25-12-8-18(9-13-25)21-15-23-14-19-4-2-3-5-20(19)21/h2-5,8,14-15,17H,6-7,9-13,16H2,1H3. The highest BCUT2D eigenvalue weighted by Crippen LogP contribution is 2.28. The summed E-state index contributed by atoms with van der Waals surface area (Å²) in [6, 6.07) is 8.38. The van der Waals surface area contributed by atoms with Crippen molar-refractivity contribution >= 4 is 22.3 Å². The van der Waals surface area contributed by atoms with Gasteiger partial charge in [0.1, 0.15) is 0 Å². The van der Waals surface area contributed by atoms with Crippen LogP contribution >= 0.6 is 0 Å². The maximum absolute atomic E-state index is 12.6. The highest BCUT2D eigenvalue weighted by atomic mass is 16.2. The summed E-state index contributed by atoms with van der Waals surface area (Å²) in [4.78, 5) is 21.4. The Morgan fingerprint density at radius 3 is 2.73 bits per heavy atom. The Labute approximate surface area is 155 Å². The first-order valence-electron chi connectivity index (χ1n) is 9.73. The Hall–Kier alpha value is -2.20. The minimum atomic E-state index is 0.269. The van der Waals surface area contributed by atoms with Gasteiger partial charge in [-0.15, -0.1) is 0 Å². The fourth-order valence-corrected chi connectivity index (χ4v) is 4.02. The summed E-state index contributed by atoms with van der Waals surface area (Å²) in [5.41, 5.74) is 2.52. The average Bonchev–Trinajstić information content (AvgIpc) is 2.69. The van der Waals surface area contributed by atoms with Crippen molar-refractivity contribution in [1.82, 2.24) is 14.8 Å². The molecule has 4 nitrogen and oxygen atoms in total. The Kier molecular flexibility index (Phi) is 5.02. The van der Waals surface area contributed by atoms with Crippen molar-refractivity contribution in [3.63, 3.8) is 0 Å². The van der Waals surface area contributed by atoms with Crippen LogP contribution in [0.25, 0.3) is 16.3 Å². The van der Waals surface area contributed by atoms with Crippen LogP contribution in [0.1, 0.15) is 31.7 Å². The van der Waals surface area contributed by atoms with E-state index in [2.05, 4.69) is 41.1 Å². The number of fused-ring (bicyclic) bond motifs is 1. The SMILES string of the molecule is CC1CCN(CC(=O)N2CC=C(c3cncc4ccccc34)CC2)CC1. The van der Waals surface area contributed by atoms with Gasteiger partial charge in [0.15, 0.2) is 0 Å². The fraction of sp³-hybridized carbons (Fsp3) is 0.455. The van der Waals surface area contributed by atoms with Crippen molar-refractivity contribution in [1.29, 1.82) is 0 Å². The number of carbonyl (C=O) groups is 1. The molecule has 136 valence electrons. The number of likely N-dealkylation sites (tertiary alicyclic amines) is 1. The van der Waals surface area contributed by atoms with Gasteiger partial charge in [-0.1, -0.05) is 37.3 Å². The highest BCUT2D eigenvalue weighted by Gasteiger charge is 2.23. The zero-order valence-electron chi connectivity index (χ0n) is 15.5. The topological polar surface area (TPSA) is 36.4 Å². The minimum Gasteiger partial charge on any atom is -0.338 e. The largest absolute Gasteiger partial charge is 0.338 e. The number of pyridine rings is 1. The third-order valence-corrected chi connectivity index (χ3v) is 5.81. The van der Waals surface area contributed by atoms with E-state index in [9.17, 15) is 4.79 Å². The van der Waals surface area contributed by atoms with Gasteiger partial charge in [0, 0.05) is 36.4 Å². The van der Waals surface area contributed by atoms with Crippen molar-refractivity contribution in [3.8, 4) is 0 Å². The van der Waals surface area contributed by atoms with E-state index in [0.29, 0.717) is 13.1 Å². The minimum absolute atomic E-state index is 0.269. The van der Waals surface area contributed by atoms with Crippen LogP contribution in [0.3, 0.4) is 0 Å². The zero-order chi connectivity index (χ0) is 17.9. The first-order chi connectivity index (χ1) is 12.7. The van der Waals surface area contributed by atoms with Crippen molar-refractivity contribution in [3.05, 3.63) is 48.3 Å². The lowest BCUT2D eigenvalue weighted by molar-refractivity contribution is -0.132. The lowest BCUT2D eigenvalue weighted by Crippen LogP contribution is -2.44. The summed E-state index contributed by atoms with van der Waals surface area (Å²) in [5.74, 6) is 1.07. The molecule has 26 heavy (non-hydrogen) atoms. The molecule has 1 amide bonds. The Balaban J connectivity index is 1.42. The van der Waals surface area contributed by atoms with E-state index < -0.39 is 0 Å². The number of hydrogen-bond acceptors (Lipinski definition) is 3. The van der Waals surface area contributed by atoms with Crippen LogP contribution < -0.4 is 0 Å². The average molecular weight is 349 g/mol. The number of amides is 1. The molecule has 0 unspecified atom stereocenters. The molecular formula is C22H27N3O. The maximum atomic E-state index is 12.6. The number of benzene rings is 1. The van der Waals surface area contributed by atoms with E-state index in [1.807, 2.05) is 23.4 Å². The second-order valence-electron chi connectivity index (χ2n) is 7.69. The van der Waals surface area contributed by atoms with Gasteiger partial charge >= 0.3 is 0 Å². The lowest BCUT2D eigenvalue weighted by Gasteiger charge is -2.33. The van der Waals surface area contributed by atoms with Crippen molar-refractivity contribution in [2.24, 2.45) is 5.92 Å². The third kappa shape index (κ3) is 3.65. The van der Waals surface area contributed by atoms with Crippen LogP contribution in [0.4, 0.5) is 0 Å². The van der Waals surface area contributed by atoms with Crippen LogP contribution in [-0.2, 0) is 4.79 Å². The predicted molar refractivity (Wildman–Crippen MR) is 106 cm³/mol. The van der Waals surface area contributed by atoms with Crippen LogP contribution in [0, 0.1) is 5.92 Å². The number of aromatic nitrogens is 1. The molecule has 2 aliphatic rings. The molecule has 0 saturated carbocycles. The second kappa shape index (κ2) is 7.58. The molecule has 0 aliphatic carbocycles. The molecule has 1 aromatic heterocycles. The Morgan fingerprint density at radius 2 is 1.96 bits per heavy atom. The zero-order valence-corrected chi connectivity index (χ0v) is 15.5. The Morgan fingerprint density at radius 1 is 1.15 bits per heavy atom. The number of carbonyl (C=O) groups excluding carboxylic acids is 1. The summed E-state index contributed by atoms with van der Waals surface area (Å²) in [6.45, 7) is 6.51. The fourth-order valence-electron chi connectivity index (χ4n) is 4.02. The maximum Gasteiger partial charge on any atom is 0.237 e. The van der Waals surface area contributed by atoms with Gasteiger partial charge in [-0.25, -0.2) is 0 Å². The molecule has 2 aliphatic heterocycles. The van der Waals surface area contributed by atoms with Crippen molar-refractivity contribution < 1.29 is 4.79 Å². The summed E-state index contributed by atoms with van der Waals surface area (Å²) >= 11 is 0. The first kappa shape index (κ1) is 17.2. The summed E-state index contributed by atoms with van der Waals surface area (Å²) in [5, 5.41) is 2.42. The quantitative estimate of drug-likeness (QED) is 0.850. The molecule has 1 aromatic carbocycles. The van der Waals surface area contributed by atoms with E-state index in [1.54, 1.807) is 0 Å². The highest BCUT2D eigenvalue weighted by molar-refractivity contribution is 5.93. The number of hydrogen-bond donors (Lipinski definition) is 0. The molecule has 2 aromatic rings. The molecule has 3 heterocycles. The van der Waals surface area contributed by atoms with E-state index in [-0.39, 0.29) is 5.91 Å². The molecule has 0 bridgehead atoms. The molecule has 4 heteroatoms. The van der Waals surface area contributed by atoms with E-state index in [4.69, 9.17) is 0 Å². The van der Waals surface area contributed by atoms with Crippen molar-refractivity contribution in [2.75, 3.05) is 32.7 Å². The molecule has 0 N–H and O–H groups in total. The molecule has 1 saturated heterocycles. The second-order valence-corrected chi connectivity index (χ2v) is 7.69. The summed E-state index contributed by atoms with van der Waals surface area (Å²) in [6.07, 6.45) is 9.41. The number of piperidine rings is 1. The van der Waals surface area contributed by atoms with Gasteiger partial charge in [0.25, 0.3) is 0 Å². The normalized spacial score (nSPS) is 19.6. The van der Waals surface area contributed by atoms with Gasteiger partial charge in [-0.3, -0.25) is 14.7 Å². The van der Waals surface area contributed by atoms with Crippen LogP contribution in [-0.4, -0.2) is 53.4 Å². The molecule has 0 atom stereocenters. The van der Waals surface area contributed by atoms with E-state index in [1.165, 1.54) is 34.8 Å². The monoisotopic (exact) mass is 349 g/mol. The smallest absolute Gasteiger partial charge is 0.237 e. The molecule has 0 spiro atoms. The third-order valence-electron chi connectivity index (χ3n) is 5.81. The molecule has 1 fully saturated rings.